The molecule has 0 bridgehead atoms. The van der Waals surface area contributed by atoms with Gasteiger partial charge in [0.25, 0.3) is 0 Å². The molecule has 0 radical (unpaired) electrons. The molecule has 94 valence electrons. The van der Waals surface area contributed by atoms with Crippen molar-refractivity contribution >= 4 is 23.2 Å². The average Bonchev–Trinajstić information content (AvgIpc) is 2.33. The van der Waals surface area contributed by atoms with Crippen LogP contribution in [-0.2, 0) is 6.42 Å². The summed E-state index contributed by atoms with van der Waals surface area (Å²) in [5.74, 6) is 0.774. The van der Waals surface area contributed by atoms with Crippen LogP contribution in [0.5, 0.6) is 5.75 Å². The zero-order valence-electron chi connectivity index (χ0n) is 9.83. The topological polar surface area (TPSA) is 35.2 Å². The number of ether oxygens (including phenoxy) is 1. The molecule has 0 spiro atoms. The molecule has 0 amide bonds. The third-order valence-electron chi connectivity index (χ3n) is 2.49. The quantitative estimate of drug-likeness (QED) is 0.857. The van der Waals surface area contributed by atoms with Crippen LogP contribution in [-0.4, -0.2) is 12.6 Å². The van der Waals surface area contributed by atoms with Crippen LogP contribution < -0.4 is 10.5 Å². The lowest BCUT2D eigenvalue weighted by atomic mass is 10.0. The summed E-state index contributed by atoms with van der Waals surface area (Å²) in [6, 6.07) is 5.71. The van der Waals surface area contributed by atoms with Crippen molar-refractivity contribution in [1.82, 2.24) is 0 Å². The van der Waals surface area contributed by atoms with E-state index in [1.54, 1.807) is 6.08 Å². The molecule has 4 heteroatoms. The molecular formula is C13H17Cl2NO. The first-order chi connectivity index (χ1) is 8.19. The van der Waals surface area contributed by atoms with E-state index in [1.165, 1.54) is 5.54 Å². The highest BCUT2D eigenvalue weighted by Gasteiger charge is 2.11. The average molecular weight is 274 g/mol. The predicted molar refractivity (Wildman–Crippen MR) is 73.9 cm³/mol. The second kappa shape index (κ2) is 7.59. The van der Waals surface area contributed by atoms with Gasteiger partial charge in [-0.15, -0.1) is 0 Å². The zero-order valence-corrected chi connectivity index (χ0v) is 11.3. The summed E-state index contributed by atoms with van der Waals surface area (Å²) in [6.45, 7) is 2.48. The highest BCUT2D eigenvalue weighted by atomic mass is 35.5. The molecule has 2 N–H and O–H groups in total. The van der Waals surface area contributed by atoms with Crippen LogP contribution in [0.1, 0.15) is 18.9 Å². The van der Waals surface area contributed by atoms with Crippen molar-refractivity contribution in [2.45, 2.75) is 25.8 Å². The summed E-state index contributed by atoms with van der Waals surface area (Å²) in [5, 5.41) is 0.696. The number of nitrogens with two attached hydrogens (primary N) is 1. The lowest BCUT2D eigenvalue weighted by Crippen LogP contribution is -2.22. The largest absolute Gasteiger partial charge is 0.489 e. The Morgan fingerprint density at radius 1 is 1.47 bits per heavy atom. The fourth-order valence-corrected chi connectivity index (χ4v) is 1.77. The molecule has 1 unspecified atom stereocenters. The maximum absolute atomic E-state index is 6.16. The van der Waals surface area contributed by atoms with E-state index in [0.29, 0.717) is 11.6 Å². The molecule has 0 aromatic heterocycles. The van der Waals surface area contributed by atoms with E-state index < -0.39 is 0 Å². The molecule has 1 atom stereocenters. The van der Waals surface area contributed by atoms with Crippen LogP contribution in [0, 0.1) is 0 Å². The summed E-state index contributed by atoms with van der Waals surface area (Å²) in [4.78, 5) is 0. The molecule has 0 heterocycles. The van der Waals surface area contributed by atoms with Gasteiger partial charge < -0.3 is 10.5 Å². The molecule has 1 aromatic carbocycles. The van der Waals surface area contributed by atoms with E-state index in [0.717, 1.165) is 24.2 Å². The smallest absolute Gasteiger partial charge is 0.124 e. The molecule has 0 aliphatic heterocycles. The minimum absolute atomic E-state index is 0.0980. The Morgan fingerprint density at radius 3 is 2.88 bits per heavy atom. The molecule has 0 saturated heterocycles. The maximum Gasteiger partial charge on any atom is 0.124 e. The van der Waals surface area contributed by atoms with E-state index in [2.05, 4.69) is 6.92 Å². The first kappa shape index (κ1) is 14.4. The highest BCUT2D eigenvalue weighted by Crippen LogP contribution is 2.27. The summed E-state index contributed by atoms with van der Waals surface area (Å²) in [5.41, 5.74) is 8.35. The van der Waals surface area contributed by atoms with Crippen LogP contribution in [0.15, 0.2) is 29.8 Å². The Morgan fingerprint density at radius 2 is 2.24 bits per heavy atom. The molecule has 0 aliphatic rings. The van der Waals surface area contributed by atoms with Gasteiger partial charge in [0.1, 0.15) is 12.4 Å². The first-order valence-electron chi connectivity index (χ1n) is 5.60. The van der Waals surface area contributed by atoms with Crippen LogP contribution >= 0.6 is 23.2 Å². The summed E-state index contributed by atoms with van der Waals surface area (Å²) >= 11 is 11.6. The molecule has 1 rings (SSSR count). The van der Waals surface area contributed by atoms with Gasteiger partial charge in [0.05, 0.1) is 0 Å². The standard InChI is InChI=1S/C13H17Cl2NO/c1-2-10(16)9-11-12(15)5-3-6-13(11)17-8-4-7-14/h3-7,10H,2,8-9,16H2,1H3/b7-4+. The van der Waals surface area contributed by atoms with Crippen LogP contribution in [0.25, 0.3) is 0 Å². The van der Waals surface area contributed by atoms with Gasteiger partial charge in [-0.2, -0.15) is 0 Å². The van der Waals surface area contributed by atoms with Crippen LogP contribution in [0.2, 0.25) is 5.02 Å². The molecule has 0 aliphatic carbocycles. The number of rotatable bonds is 6. The Labute approximate surface area is 112 Å². The van der Waals surface area contributed by atoms with Gasteiger partial charge in [0.15, 0.2) is 0 Å². The minimum Gasteiger partial charge on any atom is -0.489 e. The minimum atomic E-state index is 0.0980. The van der Waals surface area contributed by atoms with Gasteiger partial charge in [-0.1, -0.05) is 36.2 Å². The molecule has 1 aromatic rings. The van der Waals surface area contributed by atoms with Crippen molar-refractivity contribution in [3.05, 3.63) is 40.4 Å². The fraction of sp³-hybridized carbons (Fsp3) is 0.385. The van der Waals surface area contributed by atoms with Gasteiger partial charge >= 0.3 is 0 Å². The van der Waals surface area contributed by atoms with Crippen molar-refractivity contribution in [3.63, 3.8) is 0 Å². The summed E-state index contributed by atoms with van der Waals surface area (Å²) in [6.07, 6.45) is 3.36. The fourth-order valence-electron chi connectivity index (χ4n) is 1.45. The molecule has 0 saturated carbocycles. The zero-order chi connectivity index (χ0) is 12.7. The first-order valence-corrected chi connectivity index (χ1v) is 6.41. The maximum atomic E-state index is 6.16. The van der Waals surface area contributed by atoms with Gasteiger partial charge in [0, 0.05) is 22.2 Å². The van der Waals surface area contributed by atoms with E-state index >= 15 is 0 Å². The molecule has 17 heavy (non-hydrogen) atoms. The SMILES string of the molecule is CCC(N)Cc1c(Cl)cccc1OC/C=C/Cl. The number of halogens is 2. The van der Waals surface area contributed by atoms with Gasteiger partial charge in [0.2, 0.25) is 0 Å². The van der Waals surface area contributed by atoms with E-state index in [1.807, 2.05) is 18.2 Å². The Hall–Kier alpha value is -0.700. The monoisotopic (exact) mass is 273 g/mol. The summed E-state index contributed by atoms with van der Waals surface area (Å²) in [7, 11) is 0. The second-order valence-corrected chi connectivity index (χ2v) is 4.42. The lowest BCUT2D eigenvalue weighted by Gasteiger charge is -2.15. The third kappa shape index (κ3) is 4.58. The Bertz CT molecular complexity index is 380. The second-order valence-electron chi connectivity index (χ2n) is 3.76. The van der Waals surface area contributed by atoms with Crippen LogP contribution in [0.3, 0.4) is 0 Å². The molecular weight excluding hydrogens is 257 g/mol. The number of hydrogen-bond donors (Lipinski definition) is 1. The van der Waals surface area contributed by atoms with Crippen LogP contribution in [0.4, 0.5) is 0 Å². The van der Waals surface area contributed by atoms with Gasteiger partial charge in [-0.3, -0.25) is 0 Å². The van der Waals surface area contributed by atoms with Crippen molar-refractivity contribution in [3.8, 4) is 5.75 Å². The van der Waals surface area contributed by atoms with Gasteiger partial charge in [-0.25, -0.2) is 0 Å². The van der Waals surface area contributed by atoms with Crippen molar-refractivity contribution in [2.75, 3.05) is 6.61 Å². The number of hydrogen-bond acceptors (Lipinski definition) is 2. The Balaban J connectivity index is 2.83. The summed E-state index contributed by atoms with van der Waals surface area (Å²) < 4.78 is 5.59. The third-order valence-corrected chi connectivity index (χ3v) is 3.02. The van der Waals surface area contributed by atoms with Crippen molar-refractivity contribution < 1.29 is 4.74 Å². The molecule has 0 fully saturated rings. The van der Waals surface area contributed by atoms with Gasteiger partial charge in [-0.05, 0) is 31.1 Å². The number of benzene rings is 1. The Kier molecular flexibility index (Phi) is 6.41. The van der Waals surface area contributed by atoms with E-state index in [4.69, 9.17) is 33.7 Å². The normalized spacial score (nSPS) is 12.9. The molecule has 2 nitrogen and oxygen atoms in total. The van der Waals surface area contributed by atoms with Crippen molar-refractivity contribution in [1.29, 1.82) is 0 Å². The predicted octanol–water partition coefficient (Wildman–Crippen LogP) is 3.75. The van der Waals surface area contributed by atoms with E-state index in [9.17, 15) is 0 Å². The van der Waals surface area contributed by atoms with Crippen molar-refractivity contribution in [2.24, 2.45) is 5.73 Å². The van der Waals surface area contributed by atoms with E-state index in [-0.39, 0.29) is 6.04 Å². The lowest BCUT2D eigenvalue weighted by molar-refractivity contribution is 0.357. The highest BCUT2D eigenvalue weighted by molar-refractivity contribution is 6.31.